The standard InChI is InChI=1S/C23H24N4O2/c1-14-7-9-27(10-8-14)23-25-21-20(22(29)26-23)17-11-16(15-5-3-2-4-6-15)12-19(28)18(17)13-24-21/h2-6,13-14,16H,7-12H2,1H3,(H,24,25,26,29)/t16-/m1/s1. The highest BCUT2D eigenvalue weighted by Gasteiger charge is 2.30. The van der Waals surface area contributed by atoms with Crippen LogP contribution >= 0.6 is 0 Å². The second kappa shape index (κ2) is 7.10. The van der Waals surface area contributed by atoms with E-state index in [1.807, 2.05) is 30.3 Å². The maximum atomic E-state index is 13.1. The zero-order valence-corrected chi connectivity index (χ0v) is 16.5. The van der Waals surface area contributed by atoms with Crippen LogP contribution in [-0.2, 0) is 6.42 Å². The number of nitrogens with one attached hydrogen (secondary N) is 1. The molecular formula is C23H24N4O2. The smallest absolute Gasteiger partial charge is 0.262 e. The highest BCUT2D eigenvalue weighted by atomic mass is 16.1. The normalized spacial score (nSPS) is 20.1. The molecule has 2 aromatic heterocycles. The minimum absolute atomic E-state index is 0.0444. The Labute approximate surface area is 169 Å². The van der Waals surface area contributed by atoms with Gasteiger partial charge in [0.2, 0.25) is 5.95 Å². The Kier molecular flexibility index (Phi) is 4.42. The molecule has 29 heavy (non-hydrogen) atoms. The van der Waals surface area contributed by atoms with Gasteiger partial charge in [-0.05, 0) is 42.2 Å². The number of rotatable bonds is 2. The third-order valence-corrected chi connectivity index (χ3v) is 6.37. The quantitative estimate of drug-likeness (QED) is 0.727. The molecule has 148 valence electrons. The van der Waals surface area contributed by atoms with Crippen LogP contribution in [0.25, 0.3) is 11.0 Å². The lowest BCUT2D eigenvalue weighted by molar-refractivity contribution is 0.0964. The Morgan fingerprint density at radius 2 is 1.83 bits per heavy atom. The second-order valence-corrected chi connectivity index (χ2v) is 8.35. The third kappa shape index (κ3) is 3.22. The predicted octanol–water partition coefficient (Wildman–Crippen LogP) is 3.47. The fourth-order valence-corrected chi connectivity index (χ4v) is 4.59. The number of pyridine rings is 1. The molecule has 0 radical (unpaired) electrons. The molecule has 5 rings (SSSR count). The fourth-order valence-electron chi connectivity index (χ4n) is 4.59. The van der Waals surface area contributed by atoms with Gasteiger partial charge in [0.25, 0.3) is 5.56 Å². The number of fused-ring (bicyclic) bond motifs is 3. The zero-order valence-electron chi connectivity index (χ0n) is 16.5. The van der Waals surface area contributed by atoms with E-state index >= 15 is 0 Å². The lowest BCUT2D eigenvalue weighted by atomic mass is 9.79. The van der Waals surface area contributed by atoms with Gasteiger partial charge in [0.15, 0.2) is 11.4 Å². The Morgan fingerprint density at radius 1 is 1.07 bits per heavy atom. The van der Waals surface area contributed by atoms with E-state index in [0.29, 0.717) is 41.3 Å². The summed E-state index contributed by atoms with van der Waals surface area (Å²) in [5.74, 6) is 1.40. The minimum atomic E-state index is -0.200. The van der Waals surface area contributed by atoms with Crippen LogP contribution < -0.4 is 10.5 Å². The molecular weight excluding hydrogens is 364 g/mol. The van der Waals surface area contributed by atoms with Gasteiger partial charge in [0, 0.05) is 31.3 Å². The van der Waals surface area contributed by atoms with Crippen LogP contribution in [0.3, 0.4) is 0 Å². The topological polar surface area (TPSA) is 79.0 Å². The molecule has 2 aliphatic rings. The summed E-state index contributed by atoms with van der Waals surface area (Å²) < 4.78 is 0. The Hall–Kier alpha value is -3.02. The molecule has 3 heterocycles. The van der Waals surface area contributed by atoms with Crippen molar-refractivity contribution in [1.82, 2.24) is 15.0 Å². The number of benzene rings is 1. The number of hydrogen-bond acceptors (Lipinski definition) is 5. The van der Waals surface area contributed by atoms with E-state index in [9.17, 15) is 9.59 Å². The molecule has 0 saturated carbocycles. The van der Waals surface area contributed by atoms with E-state index < -0.39 is 0 Å². The first-order valence-electron chi connectivity index (χ1n) is 10.3. The highest BCUT2D eigenvalue weighted by molar-refractivity contribution is 6.02. The summed E-state index contributed by atoms with van der Waals surface area (Å²) in [6.45, 7) is 4.02. The number of carbonyl (C=O) groups is 1. The molecule has 1 aliphatic heterocycles. The van der Waals surface area contributed by atoms with Crippen LogP contribution in [0.2, 0.25) is 0 Å². The Bertz CT molecular complexity index is 1130. The summed E-state index contributed by atoms with van der Waals surface area (Å²) in [7, 11) is 0. The van der Waals surface area contributed by atoms with Crippen molar-refractivity contribution in [1.29, 1.82) is 0 Å². The van der Waals surface area contributed by atoms with Crippen molar-refractivity contribution in [2.45, 2.75) is 38.5 Å². The first-order chi connectivity index (χ1) is 14.1. The number of Topliss-reactive ketones (excluding diaryl/α,β-unsaturated/α-hetero) is 1. The third-order valence-electron chi connectivity index (χ3n) is 6.37. The minimum Gasteiger partial charge on any atom is -0.342 e. The van der Waals surface area contributed by atoms with Gasteiger partial charge in [-0.15, -0.1) is 0 Å². The van der Waals surface area contributed by atoms with Crippen molar-refractivity contribution in [3.63, 3.8) is 0 Å². The molecule has 1 aromatic carbocycles. The number of aromatic amines is 1. The predicted molar refractivity (Wildman–Crippen MR) is 113 cm³/mol. The lowest BCUT2D eigenvalue weighted by Crippen LogP contribution is -2.35. The molecule has 1 N–H and O–H groups in total. The van der Waals surface area contributed by atoms with Crippen LogP contribution in [0.5, 0.6) is 0 Å². The number of anilines is 1. The maximum absolute atomic E-state index is 13.1. The molecule has 0 unspecified atom stereocenters. The van der Waals surface area contributed by atoms with Gasteiger partial charge >= 0.3 is 0 Å². The summed E-state index contributed by atoms with van der Waals surface area (Å²) in [6, 6.07) is 10.0. The monoisotopic (exact) mass is 388 g/mol. The van der Waals surface area contributed by atoms with Gasteiger partial charge in [-0.3, -0.25) is 14.6 Å². The molecule has 0 spiro atoms. The summed E-state index contributed by atoms with van der Waals surface area (Å²) in [4.78, 5) is 40.0. The van der Waals surface area contributed by atoms with Gasteiger partial charge in [-0.1, -0.05) is 37.3 Å². The summed E-state index contributed by atoms with van der Waals surface area (Å²) in [5, 5.41) is 0.464. The van der Waals surface area contributed by atoms with Crippen LogP contribution in [-0.4, -0.2) is 33.8 Å². The zero-order chi connectivity index (χ0) is 20.0. The molecule has 1 fully saturated rings. The highest BCUT2D eigenvalue weighted by Crippen LogP contribution is 2.34. The Morgan fingerprint density at radius 3 is 2.59 bits per heavy atom. The first-order valence-corrected chi connectivity index (χ1v) is 10.3. The van der Waals surface area contributed by atoms with Gasteiger partial charge in [-0.25, -0.2) is 4.98 Å². The molecule has 6 nitrogen and oxygen atoms in total. The van der Waals surface area contributed by atoms with Gasteiger partial charge in [0.05, 0.1) is 5.39 Å². The first kappa shape index (κ1) is 18.0. The van der Waals surface area contributed by atoms with E-state index in [1.165, 1.54) is 0 Å². The van der Waals surface area contributed by atoms with Crippen molar-refractivity contribution in [3.05, 3.63) is 63.6 Å². The molecule has 0 amide bonds. The number of aromatic nitrogens is 3. The van der Waals surface area contributed by atoms with Crippen molar-refractivity contribution >= 4 is 22.8 Å². The summed E-state index contributed by atoms with van der Waals surface area (Å²) in [5.41, 5.74) is 2.71. The average molecular weight is 388 g/mol. The van der Waals surface area contributed by atoms with Crippen molar-refractivity contribution < 1.29 is 4.79 Å². The van der Waals surface area contributed by atoms with E-state index in [-0.39, 0.29) is 17.3 Å². The fraction of sp³-hybridized carbons (Fsp3) is 0.391. The van der Waals surface area contributed by atoms with Gasteiger partial charge in [0.1, 0.15) is 0 Å². The average Bonchev–Trinajstić information content (AvgIpc) is 2.74. The van der Waals surface area contributed by atoms with Crippen LogP contribution in [0.4, 0.5) is 5.95 Å². The number of piperidine rings is 1. The Balaban J connectivity index is 1.58. The maximum Gasteiger partial charge on any atom is 0.262 e. The van der Waals surface area contributed by atoms with E-state index in [4.69, 9.17) is 0 Å². The van der Waals surface area contributed by atoms with Crippen LogP contribution in [0.1, 0.15) is 53.6 Å². The van der Waals surface area contributed by atoms with Gasteiger partial charge < -0.3 is 4.90 Å². The van der Waals surface area contributed by atoms with Crippen molar-refractivity contribution in [3.8, 4) is 0 Å². The SMILES string of the molecule is CC1CCN(c2nc3ncc4c(c3c(=O)[nH]2)C[C@@H](c2ccccc2)CC4=O)CC1. The number of H-pyrrole nitrogens is 1. The number of carbonyl (C=O) groups excluding carboxylic acids is 1. The molecule has 1 saturated heterocycles. The number of nitrogens with zero attached hydrogens (tertiary/aromatic N) is 3. The van der Waals surface area contributed by atoms with Crippen LogP contribution in [0, 0.1) is 5.92 Å². The summed E-state index contributed by atoms with van der Waals surface area (Å²) in [6.07, 6.45) is 4.88. The van der Waals surface area contributed by atoms with Crippen LogP contribution in [0.15, 0.2) is 41.3 Å². The molecule has 6 heteroatoms. The molecule has 1 aliphatic carbocycles. The van der Waals surface area contributed by atoms with Crippen molar-refractivity contribution in [2.75, 3.05) is 18.0 Å². The molecule has 3 aromatic rings. The summed E-state index contributed by atoms with van der Waals surface area (Å²) >= 11 is 0. The second-order valence-electron chi connectivity index (χ2n) is 8.35. The van der Waals surface area contributed by atoms with Crippen molar-refractivity contribution in [2.24, 2.45) is 5.92 Å². The lowest BCUT2D eigenvalue weighted by Gasteiger charge is -2.30. The number of ketones is 1. The van der Waals surface area contributed by atoms with E-state index in [1.54, 1.807) is 6.20 Å². The molecule has 1 atom stereocenters. The van der Waals surface area contributed by atoms with E-state index in [0.717, 1.165) is 37.1 Å². The largest absolute Gasteiger partial charge is 0.342 e. The number of hydrogen-bond donors (Lipinski definition) is 1. The van der Waals surface area contributed by atoms with E-state index in [2.05, 4.69) is 26.8 Å². The molecule has 0 bridgehead atoms. The van der Waals surface area contributed by atoms with Gasteiger partial charge in [-0.2, -0.15) is 4.98 Å².